The molecule has 2 rings (SSSR count). The maximum absolute atomic E-state index is 12.6. The van der Waals surface area contributed by atoms with Crippen LogP contribution in [0, 0.1) is 0 Å². The molecular weight excluding hydrogens is 358 g/mol. The average Bonchev–Trinajstić information content (AvgIpc) is 2.48. The van der Waals surface area contributed by atoms with Crippen LogP contribution >= 0.6 is 15.9 Å². The normalized spacial score (nSPS) is 11.6. The van der Waals surface area contributed by atoms with Gasteiger partial charge in [-0.05, 0) is 39.7 Å². The molecule has 0 aliphatic rings. The number of aromatic nitrogens is 2. The Bertz CT molecular complexity index is 724. The summed E-state index contributed by atoms with van der Waals surface area (Å²) in [4.78, 5) is 7.87. The molecule has 0 spiro atoms. The first-order chi connectivity index (χ1) is 9.95. The maximum Gasteiger partial charge on any atom is 0.246 e. The van der Waals surface area contributed by atoms with E-state index in [0.717, 1.165) is 5.56 Å². The van der Waals surface area contributed by atoms with Gasteiger partial charge >= 0.3 is 0 Å². The van der Waals surface area contributed by atoms with Gasteiger partial charge in [-0.3, -0.25) is 4.98 Å². The molecule has 0 aromatic carbocycles. The first kappa shape index (κ1) is 15.8. The van der Waals surface area contributed by atoms with Crippen LogP contribution in [0.3, 0.4) is 0 Å². The second-order valence-corrected chi connectivity index (χ2v) is 7.19. The molecule has 9 heteroatoms. The van der Waals surface area contributed by atoms with Crippen molar-refractivity contribution in [1.29, 1.82) is 0 Å². The highest BCUT2D eigenvalue weighted by atomic mass is 79.9. The molecule has 0 aliphatic heterocycles. The summed E-state index contributed by atoms with van der Waals surface area (Å²) in [6.45, 7) is 0.224. The van der Waals surface area contributed by atoms with Gasteiger partial charge in [0.2, 0.25) is 10.0 Å². The summed E-state index contributed by atoms with van der Waals surface area (Å²) < 4.78 is 27.0. The number of nitrogen functional groups attached to an aromatic ring is 1. The Kier molecular flexibility index (Phi) is 4.88. The minimum atomic E-state index is -3.72. The van der Waals surface area contributed by atoms with Crippen molar-refractivity contribution in [2.45, 2.75) is 11.4 Å². The summed E-state index contributed by atoms with van der Waals surface area (Å²) in [5.74, 6) is 5.43. The summed E-state index contributed by atoms with van der Waals surface area (Å²) in [5.41, 5.74) is 3.13. The predicted octanol–water partition coefficient (Wildman–Crippen LogP) is 1.35. The Morgan fingerprint density at radius 1 is 1.38 bits per heavy atom. The van der Waals surface area contributed by atoms with Gasteiger partial charge in [-0.15, -0.1) is 0 Å². The van der Waals surface area contributed by atoms with Crippen LogP contribution in [0.5, 0.6) is 0 Å². The number of rotatable bonds is 5. The van der Waals surface area contributed by atoms with Gasteiger partial charge in [0.15, 0.2) is 5.82 Å². The van der Waals surface area contributed by atoms with Crippen LogP contribution in [0.1, 0.15) is 5.56 Å². The number of nitrogens with zero attached hydrogens (tertiary/aromatic N) is 3. The van der Waals surface area contributed by atoms with E-state index in [-0.39, 0.29) is 17.3 Å². The molecule has 0 fully saturated rings. The lowest BCUT2D eigenvalue weighted by Crippen LogP contribution is -2.28. The van der Waals surface area contributed by atoms with E-state index in [0.29, 0.717) is 4.47 Å². The van der Waals surface area contributed by atoms with Crippen molar-refractivity contribution < 1.29 is 8.42 Å². The lowest BCUT2D eigenvalue weighted by molar-refractivity contribution is 0.466. The molecule has 7 nitrogen and oxygen atoms in total. The van der Waals surface area contributed by atoms with Crippen molar-refractivity contribution >= 4 is 31.8 Å². The summed E-state index contributed by atoms with van der Waals surface area (Å²) in [6, 6.07) is 4.97. The second kappa shape index (κ2) is 6.48. The third-order valence-electron chi connectivity index (χ3n) is 2.80. The number of nitrogens with one attached hydrogen (secondary N) is 1. The van der Waals surface area contributed by atoms with E-state index in [4.69, 9.17) is 5.84 Å². The second-order valence-electron chi connectivity index (χ2n) is 4.26. The molecular formula is C12H14BrN5O2S. The molecule has 2 aromatic heterocycles. The molecule has 21 heavy (non-hydrogen) atoms. The van der Waals surface area contributed by atoms with E-state index in [1.165, 1.54) is 23.6 Å². The lowest BCUT2D eigenvalue weighted by Gasteiger charge is -2.18. The fourth-order valence-electron chi connectivity index (χ4n) is 1.72. The number of hydrazine groups is 1. The average molecular weight is 372 g/mol. The Morgan fingerprint density at radius 3 is 2.67 bits per heavy atom. The van der Waals surface area contributed by atoms with Crippen LogP contribution in [0.15, 0.2) is 46.2 Å². The quantitative estimate of drug-likeness (QED) is 0.607. The highest BCUT2D eigenvalue weighted by Crippen LogP contribution is 2.25. The van der Waals surface area contributed by atoms with Crippen LogP contribution in [-0.4, -0.2) is 29.7 Å². The monoisotopic (exact) mass is 371 g/mol. The van der Waals surface area contributed by atoms with Gasteiger partial charge in [-0.1, -0.05) is 0 Å². The van der Waals surface area contributed by atoms with Crippen LogP contribution < -0.4 is 11.3 Å². The Hall–Kier alpha value is -1.55. The first-order valence-electron chi connectivity index (χ1n) is 5.92. The van der Waals surface area contributed by atoms with Gasteiger partial charge in [-0.25, -0.2) is 19.2 Å². The molecule has 0 unspecified atom stereocenters. The number of halogens is 1. The zero-order valence-corrected chi connectivity index (χ0v) is 13.6. The largest absolute Gasteiger partial charge is 0.307 e. The van der Waals surface area contributed by atoms with Crippen LogP contribution in [0.4, 0.5) is 5.82 Å². The van der Waals surface area contributed by atoms with E-state index in [1.807, 2.05) is 0 Å². The zero-order valence-electron chi connectivity index (χ0n) is 11.2. The van der Waals surface area contributed by atoms with E-state index in [1.54, 1.807) is 24.5 Å². The minimum absolute atomic E-state index is 0.0101. The molecule has 0 saturated carbocycles. The molecule has 2 heterocycles. The standard InChI is InChI=1S/C12H14BrN5O2S/c1-18(8-9-2-4-15-5-3-9)21(19,20)11-6-10(13)7-16-12(11)17-14/h2-7H,8,14H2,1H3,(H,16,17). The number of hydrogen-bond acceptors (Lipinski definition) is 6. The van der Waals surface area contributed by atoms with E-state index >= 15 is 0 Å². The SMILES string of the molecule is CN(Cc1ccncc1)S(=O)(=O)c1cc(Br)cnc1NN. The number of pyridine rings is 2. The third kappa shape index (κ3) is 3.56. The summed E-state index contributed by atoms with van der Waals surface area (Å²) in [5, 5.41) is 0. The molecule has 3 N–H and O–H groups in total. The molecule has 0 bridgehead atoms. The fraction of sp³-hybridized carbons (Fsp3) is 0.167. The molecule has 112 valence electrons. The lowest BCUT2D eigenvalue weighted by atomic mass is 10.3. The van der Waals surface area contributed by atoms with Crippen LogP contribution in [-0.2, 0) is 16.6 Å². The number of anilines is 1. The molecule has 0 aliphatic carbocycles. The van der Waals surface area contributed by atoms with Gasteiger partial charge in [0, 0.05) is 36.7 Å². The smallest absolute Gasteiger partial charge is 0.246 e. The van der Waals surface area contributed by atoms with Gasteiger partial charge in [0.05, 0.1) is 0 Å². The molecule has 0 atom stereocenters. The molecule has 0 amide bonds. The van der Waals surface area contributed by atoms with E-state index in [2.05, 4.69) is 31.3 Å². The summed E-state index contributed by atoms with van der Waals surface area (Å²) in [6.07, 6.45) is 4.70. The van der Waals surface area contributed by atoms with Crippen molar-refractivity contribution in [3.63, 3.8) is 0 Å². The molecule has 0 saturated heterocycles. The summed E-state index contributed by atoms with van der Waals surface area (Å²) >= 11 is 3.21. The maximum atomic E-state index is 12.6. The number of sulfonamides is 1. The fourth-order valence-corrected chi connectivity index (χ4v) is 3.49. The first-order valence-corrected chi connectivity index (χ1v) is 8.16. The van der Waals surface area contributed by atoms with Gasteiger partial charge in [-0.2, -0.15) is 4.31 Å². The van der Waals surface area contributed by atoms with Crippen molar-refractivity contribution in [2.75, 3.05) is 12.5 Å². The Balaban J connectivity index is 2.35. The van der Waals surface area contributed by atoms with Crippen LogP contribution in [0.2, 0.25) is 0 Å². The van der Waals surface area contributed by atoms with Crippen LogP contribution in [0.25, 0.3) is 0 Å². The van der Waals surface area contributed by atoms with Gasteiger partial charge < -0.3 is 5.43 Å². The molecule has 2 aromatic rings. The van der Waals surface area contributed by atoms with E-state index in [9.17, 15) is 8.42 Å². The van der Waals surface area contributed by atoms with Crippen molar-refractivity contribution in [3.05, 3.63) is 46.8 Å². The minimum Gasteiger partial charge on any atom is -0.307 e. The van der Waals surface area contributed by atoms with E-state index < -0.39 is 10.0 Å². The Labute approximate surface area is 131 Å². The van der Waals surface area contributed by atoms with Crippen molar-refractivity contribution in [1.82, 2.24) is 14.3 Å². The van der Waals surface area contributed by atoms with Gasteiger partial charge in [0.1, 0.15) is 4.90 Å². The third-order valence-corrected chi connectivity index (χ3v) is 5.05. The topological polar surface area (TPSA) is 101 Å². The van der Waals surface area contributed by atoms with Crippen molar-refractivity contribution in [3.8, 4) is 0 Å². The zero-order chi connectivity index (χ0) is 15.5. The Morgan fingerprint density at radius 2 is 2.05 bits per heavy atom. The number of hydrogen-bond donors (Lipinski definition) is 2. The molecule has 0 radical (unpaired) electrons. The predicted molar refractivity (Wildman–Crippen MR) is 82.6 cm³/mol. The number of nitrogens with two attached hydrogens (primary N) is 1. The van der Waals surface area contributed by atoms with Crippen molar-refractivity contribution in [2.24, 2.45) is 5.84 Å². The summed E-state index contributed by atoms with van der Waals surface area (Å²) in [7, 11) is -2.23. The van der Waals surface area contributed by atoms with Gasteiger partial charge in [0.25, 0.3) is 0 Å². The highest BCUT2D eigenvalue weighted by Gasteiger charge is 2.25. The highest BCUT2D eigenvalue weighted by molar-refractivity contribution is 9.10.